The molecule has 4 heteroatoms. The quantitative estimate of drug-likeness (QED) is 0.876. The average Bonchev–Trinajstić information content (AvgIpc) is 2.44. The van der Waals surface area contributed by atoms with E-state index < -0.39 is 0 Å². The van der Waals surface area contributed by atoms with Gasteiger partial charge in [0.25, 0.3) is 0 Å². The standard InChI is InChI=1S/C15H22N2O2/c1-3-9-16-15(18)17-14-6-4-5-11-10-12(19-2)7-8-13(11)14/h7-8,10,14H,3-6,9H2,1-2H3,(H2,16,17,18)/t14-/m0/s1. The number of aryl methyl sites for hydroxylation is 1. The second-order valence-electron chi connectivity index (χ2n) is 4.91. The molecule has 0 saturated heterocycles. The Morgan fingerprint density at radius 3 is 3.05 bits per heavy atom. The molecule has 2 amide bonds. The van der Waals surface area contributed by atoms with Crippen molar-refractivity contribution in [1.82, 2.24) is 10.6 Å². The van der Waals surface area contributed by atoms with Gasteiger partial charge in [0.05, 0.1) is 13.2 Å². The Kier molecular flexibility index (Phi) is 4.66. The van der Waals surface area contributed by atoms with Crippen LogP contribution in [0.4, 0.5) is 4.79 Å². The molecule has 1 atom stereocenters. The summed E-state index contributed by atoms with van der Waals surface area (Å²) in [5.74, 6) is 0.884. The largest absolute Gasteiger partial charge is 0.497 e. The van der Waals surface area contributed by atoms with Crippen LogP contribution in [0.1, 0.15) is 43.4 Å². The number of nitrogens with one attached hydrogen (secondary N) is 2. The van der Waals surface area contributed by atoms with Gasteiger partial charge in [0, 0.05) is 6.54 Å². The van der Waals surface area contributed by atoms with E-state index in [-0.39, 0.29) is 12.1 Å². The smallest absolute Gasteiger partial charge is 0.315 e. The molecule has 0 bridgehead atoms. The maximum atomic E-state index is 11.8. The molecule has 19 heavy (non-hydrogen) atoms. The second kappa shape index (κ2) is 6.45. The van der Waals surface area contributed by atoms with E-state index in [1.165, 1.54) is 11.1 Å². The predicted molar refractivity (Wildman–Crippen MR) is 75.5 cm³/mol. The third-order valence-electron chi connectivity index (χ3n) is 3.51. The summed E-state index contributed by atoms with van der Waals surface area (Å²) in [7, 11) is 1.68. The molecular formula is C15H22N2O2. The lowest BCUT2D eigenvalue weighted by Crippen LogP contribution is -2.39. The minimum atomic E-state index is -0.0736. The zero-order valence-electron chi connectivity index (χ0n) is 11.7. The van der Waals surface area contributed by atoms with Crippen molar-refractivity contribution in [1.29, 1.82) is 0 Å². The predicted octanol–water partition coefficient (Wildman–Crippen LogP) is 2.78. The Bertz CT molecular complexity index is 446. The minimum absolute atomic E-state index is 0.0736. The van der Waals surface area contributed by atoms with Crippen molar-refractivity contribution in [3.63, 3.8) is 0 Å². The Hall–Kier alpha value is -1.71. The van der Waals surface area contributed by atoms with E-state index in [0.29, 0.717) is 6.54 Å². The van der Waals surface area contributed by atoms with Crippen molar-refractivity contribution >= 4 is 6.03 Å². The van der Waals surface area contributed by atoms with E-state index in [1.54, 1.807) is 7.11 Å². The minimum Gasteiger partial charge on any atom is -0.497 e. The molecule has 0 spiro atoms. The number of fused-ring (bicyclic) bond motifs is 1. The summed E-state index contributed by atoms with van der Waals surface area (Å²) in [6, 6.07) is 6.15. The third kappa shape index (κ3) is 3.40. The summed E-state index contributed by atoms with van der Waals surface area (Å²) in [6.45, 7) is 2.76. The van der Waals surface area contributed by atoms with Crippen LogP contribution in [-0.2, 0) is 6.42 Å². The van der Waals surface area contributed by atoms with Gasteiger partial charge in [-0.1, -0.05) is 13.0 Å². The number of hydrogen-bond acceptors (Lipinski definition) is 2. The number of methoxy groups -OCH3 is 1. The maximum Gasteiger partial charge on any atom is 0.315 e. The first kappa shape index (κ1) is 13.7. The SMILES string of the molecule is CCCNC(=O)N[C@H]1CCCc2cc(OC)ccc21. The second-order valence-corrected chi connectivity index (χ2v) is 4.91. The zero-order valence-corrected chi connectivity index (χ0v) is 11.7. The fourth-order valence-electron chi connectivity index (χ4n) is 2.52. The van der Waals surface area contributed by atoms with Crippen LogP contribution in [0.5, 0.6) is 5.75 Å². The summed E-state index contributed by atoms with van der Waals surface area (Å²) in [6.07, 6.45) is 4.10. The van der Waals surface area contributed by atoms with Gasteiger partial charge in [-0.05, 0) is 48.9 Å². The molecule has 0 radical (unpaired) electrons. The molecule has 1 aromatic rings. The lowest BCUT2D eigenvalue weighted by Gasteiger charge is -2.26. The number of rotatable bonds is 4. The number of ether oxygens (including phenoxy) is 1. The molecule has 1 aromatic carbocycles. The highest BCUT2D eigenvalue weighted by Gasteiger charge is 2.21. The van der Waals surface area contributed by atoms with Crippen molar-refractivity contribution in [2.75, 3.05) is 13.7 Å². The van der Waals surface area contributed by atoms with Crippen molar-refractivity contribution in [3.05, 3.63) is 29.3 Å². The maximum absolute atomic E-state index is 11.8. The molecule has 1 aliphatic carbocycles. The van der Waals surface area contributed by atoms with Gasteiger partial charge < -0.3 is 15.4 Å². The summed E-state index contributed by atoms with van der Waals surface area (Å²) in [5.41, 5.74) is 2.50. The Morgan fingerprint density at radius 1 is 1.47 bits per heavy atom. The third-order valence-corrected chi connectivity index (χ3v) is 3.51. The van der Waals surface area contributed by atoms with E-state index in [4.69, 9.17) is 4.74 Å². The normalized spacial score (nSPS) is 17.5. The fraction of sp³-hybridized carbons (Fsp3) is 0.533. The molecule has 104 valence electrons. The molecule has 0 unspecified atom stereocenters. The first-order valence-electron chi connectivity index (χ1n) is 6.95. The van der Waals surface area contributed by atoms with E-state index in [1.807, 2.05) is 13.0 Å². The van der Waals surface area contributed by atoms with Gasteiger partial charge in [-0.25, -0.2) is 4.79 Å². The topological polar surface area (TPSA) is 50.4 Å². The molecule has 0 aromatic heterocycles. The summed E-state index contributed by atoms with van der Waals surface area (Å²) < 4.78 is 5.25. The van der Waals surface area contributed by atoms with E-state index in [2.05, 4.69) is 22.8 Å². The highest BCUT2D eigenvalue weighted by atomic mass is 16.5. The van der Waals surface area contributed by atoms with Crippen molar-refractivity contribution < 1.29 is 9.53 Å². The molecule has 2 N–H and O–H groups in total. The van der Waals surface area contributed by atoms with E-state index >= 15 is 0 Å². The summed E-state index contributed by atoms with van der Waals surface area (Å²) in [5, 5.41) is 5.91. The lowest BCUT2D eigenvalue weighted by atomic mass is 9.87. The number of amides is 2. The van der Waals surface area contributed by atoms with Crippen LogP contribution < -0.4 is 15.4 Å². The van der Waals surface area contributed by atoms with Crippen LogP contribution in [0.15, 0.2) is 18.2 Å². The van der Waals surface area contributed by atoms with Gasteiger partial charge in [0.2, 0.25) is 0 Å². The van der Waals surface area contributed by atoms with Crippen LogP contribution in [0.25, 0.3) is 0 Å². The van der Waals surface area contributed by atoms with Crippen LogP contribution in [-0.4, -0.2) is 19.7 Å². The number of carbonyl (C=O) groups is 1. The van der Waals surface area contributed by atoms with Crippen molar-refractivity contribution in [3.8, 4) is 5.75 Å². The van der Waals surface area contributed by atoms with Crippen LogP contribution in [0.3, 0.4) is 0 Å². The van der Waals surface area contributed by atoms with Crippen LogP contribution >= 0.6 is 0 Å². The van der Waals surface area contributed by atoms with Gasteiger partial charge >= 0.3 is 6.03 Å². The zero-order chi connectivity index (χ0) is 13.7. The molecule has 1 aliphatic rings. The number of hydrogen-bond donors (Lipinski definition) is 2. The Morgan fingerprint density at radius 2 is 2.32 bits per heavy atom. The summed E-state index contributed by atoms with van der Waals surface area (Å²) in [4.78, 5) is 11.8. The molecule has 0 saturated carbocycles. The molecule has 2 rings (SSSR count). The molecule has 0 aliphatic heterocycles. The number of benzene rings is 1. The van der Waals surface area contributed by atoms with Crippen LogP contribution in [0.2, 0.25) is 0 Å². The Labute approximate surface area is 114 Å². The van der Waals surface area contributed by atoms with E-state index in [9.17, 15) is 4.79 Å². The first-order valence-corrected chi connectivity index (χ1v) is 6.95. The molecular weight excluding hydrogens is 240 g/mol. The fourth-order valence-corrected chi connectivity index (χ4v) is 2.52. The highest BCUT2D eigenvalue weighted by Crippen LogP contribution is 2.32. The number of carbonyl (C=O) groups excluding carboxylic acids is 1. The lowest BCUT2D eigenvalue weighted by molar-refractivity contribution is 0.235. The van der Waals surface area contributed by atoms with Gasteiger partial charge in [-0.3, -0.25) is 0 Å². The van der Waals surface area contributed by atoms with Gasteiger partial charge in [0.15, 0.2) is 0 Å². The molecule has 0 heterocycles. The summed E-state index contributed by atoms with van der Waals surface area (Å²) >= 11 is 0. The molecule has 0 fully saturated rings. The van der Waals surface area contributed by atoms with E-state index in [0.717, 1.165) is 31.4 Å². The average molecular weight is 262 g/mol. The van der Waals surface area contributed by atoms with Gasteiger partial charge in [0.1, 0.15) is 5.75 Å². The first-order chi connectivity index (χ1) is 9.24. The van der Waals surface area contributed by atoms with Crippen molar-refractivity contribution in [2.45, 2.75) is 38.6 Å². The van der Waals surface area contributed by atoms with Gasteiger partial charge in [-0.2, -0.15) is 0 Å². The van der Waals surface area contributed by atoms with Crippen molar-refractivity contribution in [2.24, 2.45) is 0 Å². The van der Waals surface area contributed by atoms with Gasteiger partial charge in [-0.15, -0.1) is 0 Å². The number of urea groups is 1. The Balaban J connectivity index is 2.07. The highest BCUT2D eigenvalue weighted by molar-refractivity contribution is 5.74. The monoisotopic (exact) mass is 262 g/mol. The molecule has 4 nitrogen and oxygen atoms in total. The van der Waals surface area contributed by atoms with Crippen LogP contribution in [0, 0.1) is 0 Å².